The molecule has 1 unspecified atom stereocenters. The van der Waals surface area contributed by atoms with E-state index in [-0.39, 0.29) is 0 Å². The molecule has 5 rings (SSSR count). The van der Waals surface area contributed by atoms with Crippen LogP contribution in [0, 0.1) is 0 Å². The van der Waals surface area contributed by atoms with Gasteiger partial charge in [0.05, 0.1) is 30.8 Å². The fourth-order valence-corrected chi connectivity index (χ4v) is 4.88. The van der Waals surface area contributed by atoms with Gasteiger partial charge >= 0.3 is 0 Å². The highest BCUT2D eigenvalue weighted by molar-refractivity contribution is 6.35. The van der Waals surface area contributed by atoms with Crippen LogP contribution in [-0.4, -0.2) is 31.7 Å². The lowest BCUT2D eigenvalue weighted by molar-refractivity contribution is 0.117. The Bertz CT molecular complexity index is 1530. The van der Waals surface area contributed by atoms with Gasteiger partial charge in [0.1, 0.15) is 5.15 Å². The Kier molecular flexibility index (Phi) is 6.15. The molecule has 1 N–H and O–H groups in total. The summed E-state index contributed by atoms with van der Waals surface area (Å²) >= 11 is 18.6. The minimum Gasteiger partial charge on any atom is -0.481 e. The molecule has 0 aliphatic heterocycles. The second-order valence-electron chi connectivity index (χ2n) is 8.07. The zero-order valence-electron chi connectivity index (χ0n) is 18.7. The monoisotopic (exact) mass is 524 g/mol. The highest BCUT2D eigenvalue weighted by Crippen LogP contribution is 2.40. The van der Waals surface area contributed by atoms with E-state index in [1.165, 1.54) is 0 Å². The van der Waals surface area contributed by atoms with E-state index in [1.807, 2.05) is 43.4 Å². The smallest absolute Gasteiger partial charge is 0.214 e. The summed E-state index contributed by atoms with van der Waals surface area (Å²) in [6.45, 7) is 0. The van der Waals surface area contributed by atoms with Crippen molar-refractivity contribution in [2.24, 2.45) is 7.05 Å². The van der Waals surface area contributed by atoms with E-state index in [9.17, 15) is 5.11 Å². The summed E-state index contributed by atoms with van der Waals surface area (Å²) in [5.74, 6) is 0.445. The van der Waals surface area contributed by atoms with Crippen LogP contribution in [0.15, 0.2) is 73.3 Å². The molecule has 0 aliphatic rings. The van der Waals surface area contributed by atoms with E-state index in [4.69, 9.17) is 39.5 Å². The van der Waals surface area contributed by atoms with Crippen molar-refractivity contribution in [1.29, 1.82) is 0 Å². The first-order valence-corrected chi connectivity index (χ1v) is 11.7. The molecule has 3 aromatic heterocycles. The summed E-state index contributed by atoms with van der Waals surface area (Å²) in [5, 5.41) is 14.4. The molecule has 0 fully saturated rings. The Morgan fingerprint density at radius 3 is 2.29 bits per heavy atom. The number of fused-ring (bicyclic) bond motifs is 1. The van der Waals surface area contributed by atoms with Crippen molar-refractivity contribution in [3.63, 3.8) is 0 Å². The van der Waals surface area contributed by atoms with Crippen LogP contribution in [0.1, 0.15) is 16.8 Å². The van der Waals surface area contributed by atoms with Crippen molar-refractivity contribution < 1.29 is 9.84 Å². The van der Waals surface area contributed by atoms with Gasteiger partial charge in [-0.2, -0.15) is 0 Å². The molecular formula is C26H19Cl3N4O2. The quantitative estimate of drug-likeness (QED) is 0.273. The first kappa shape index (κ1) is 23.6. The molecule has 1 atom stereocenters. The van der Waals surface area contributed by atoms with Crippen molar-refractivity contribution in [3.8, 4) is 17.0 Å². The predicted octanol–water partition coefficient (Wildman–Crippen LogP) is 6.28. The van der Waals surface area contributed by atoms with E-state index in [0.717, 1.165) is 16.5 Å². The predicted molar refractivity (Wildman–Crippen MR) is 138 cm³/mol. The molecule has 0 aliphatic carbocycles. The molecule has 0 amide bonds. The van der Waals surface area contributed by atoms with Crippen LogP contribution in [0.3, 0.4) is 0 Å². The molecule has 9 heteroatoms. The van der Waals surface area contributed by atoms with Gasteiger partial charge in [-0.3, -0.25) is 0 Å². The fraction of sp³-hybridized carbons (Fsp3) is 0.115. The second kappa shape index (κ2) is 9.13. The zero-order valence-corrected chi connectivity index (χ0v) is 21.0. The standard InChI is InChI=1S/C26H19Cl3N4O2/c1-33-14-30-13-23(33)26(34,17-4-6-24(29)31-12-17)16-3-5-22-21(9-16)20(11-25(32-22)35-2)15-7-18(27)10-19(28)8-15/h3-14,34H,1-2H3. The molecular weight excluding hydrogens is 507 g/mol. The lowest BCUT2D eigenvalue weighted by Gasteiger charge is -2.30. The van der Waals surface area contributed by atoms with E-state index in [1.54, 1.807) is 48.6 Å². The summed E-state index contributed by atoms with van der Waals surface area (Å²) in [6, 6.07) is 16.1. The van der Waals surface area contributed by atoms with Crippen LogP contribution in [-0.2, 0) is 12.6 Å². The molecule has 3 heterocycles. The third-order valence-corrected chi connectivity index (χ3v) is 6.58. The largest absolute Gasteiger partial charge is 0.481 e. The van der Waals surface area contributed by atoms with Gasteiger partial charge in [-0.25, -0.2) is 15.0 Å². The Morgan fingerprint density at radius 2 is 1.66 bits per heavy atom. The van der Waals surface area contributed by atoms with Crippen LogP contribution in [0.25, 0.3) is 22.0 Å². The van der Waals surface area contributed by atoms with Crippen LogP contribution in [0.4, 0.5) is 0 Å². The number of aryl methyl sites for hydroxylation is 1. The maximum Gasteiger partial charge on any atom is 0.214 e. The highest BCUT2D eigenvalue weighted by atomic mass is 35.5. The number of ether oxygens (including phenoxy) is 1. The molecule has 0 saturated carbocycles. The number of methoxy groups -OCH3 is 1. The van der Waals surface area contributed by atoms with Crippen molar-refractivity contribution >= 4 is 45.7 Å². The van der Waals surface area contributed by atoms with Gasteiger partial charge in [-0.1, -0.05) is 46.9 Å². The van der Waals surface area contributed by atoms with Crippen molar-refractivity contribution in [1.82, 2.24) is 19.5 Å². The number of hydrogen-bond donors (Lipinski definition) is 1. The lowest BCUT2D eigenvalue weighted by Crippen LogP contribution is -2.31. The number of pyridine rings is 2. The minimum atomic E-state index is -1.57. The molecule has 6 nitrogen and oxygen atoms in total. The van der Waals surface area contributed by atoms with Gasteiger partial charge in [0.25, 0.3) is 0 Å². The van der Waals surface area contributed by atoms with Crippen LogP contribution >= 0.6 is 34.8 Å². The van der Waals surface area contributed by atoms with Crippen molar-refractivity contribution in [2.75, 3.05) is 7.11 Å². The minimum absolute atomic E-state index is 0.330. The Labute approximate surface area is 216 Å². The second-order valence-corrected chi connectivity index (χ2v) is 9.33. The fourth-order valence-electron chi connectivity index (χ4n) is 4.24. The Hall–Kier alpha value is -3.16. The maximum absolute atomic E-state index is 12.3. The van der Waals surface area contributed by atoms with Crippen molar-refractivity contribution in [3.05, 3.63) is 105 Å². The third kappa shape index (κ3) is 4.23. The van der Waals surface area contributed by atoms with Crippen LogP contribution in [0.2, 0.25) is 15.2 Å². The molecule has 5 aromatic rings. The Morgan fingerprint density at radius 1 is 0.914 bits per heavy atom. The van der Waals surface area contributed by atoms with Crippen LogP contribution in [0.5, 0.6) is 5.88 Å². The number of rotatable bonds is 5. The number of aliphatic hydroxyl groups is 1. The topological polar surface area (TPSA) is 73.1 Å². The average molecular weight is 526 g/mol. The van der Waals surface area contributed by atoms with Gasteiger partial charge in [0, 0.05) is 40.3 Å². The van der Waals surface area contributed by atoms with E-state index >= 15 is 0 Å². The number of hydrogen-bond acceptors (Lipinski definition) is 5. The molecule has 0 bridgehead atoms. The molecule has 0 radical (unpaired) electrons. The average Bonchev–Trinajstić information content (AvgIpc) is 3.28. The summed E-state index contributed by atoms with van der Waals surface area (Å²) in [5.41, 5.74) is 2.41. The first-order chi connectivity index (χ1) is 16.8. The van der Waals surface area contributed by atoms with Crippen LogP contribution < -0.4 is 4.74 Å². The SMILES string of the molecule is COc1cc(-c2cc(Cl)cc(Cl)c2)c2cc(C(O)(c3ccc(Cl)nc3)c3cncn3C)ccc2n1. The third-order valence-electron chi connectivity index (χ3n) is 5.92. The van der Waals surface area contributed by atoms with Crippen molar-refractivity contribution in [2.45, 2.75) is 5.60 Å². The zero-order chi connectivity index (χ0) is 24.7. The highest BCUT2D eigenvalue weighted by Gasteiger charge is 2.37. The maximum atomic E-state index is 12.3. The molecule has 35 heavy (non-hydrogen) atoms. The van der Waals surface area contributed by atoms with Gasteiger partial charge in [0.15, 0.2) is 5.60 Å². The summed E-state index contributed by atoms with van der Waals surface area (Å²) < 4.78 is 7.21. The summed E-state index contributed by atoms with van der Waals surface area (Å²) in [7, 11) is 3.38. The normalized spacial score (nSPS) is 13.1. The van der Waals surface area contributed by atoms with Gasteiger partial charge in [-0.15, -0.1) is 0 Å². The lowest BCUT2D eigenvalue weighted by atomic mass is 9.83. The van der Waals surface area contributed by atoms with Gasteiger partial charge < -0.3 is 14.4 Å². The number of nitrogens with zero attached hydrogens (tertiary/aromatic N) is 4. The van der Waals surface area contributed by atoms with E-state index < -0.39 is 5.60 Å². The summed E-state index contributed by atoms with van der Waals surface area (Å²) in [4.78, 5) is 13.0. The number of imidazole rings is 1. The number of aromatic nitrogens is 4. The molecule has 0 saturated heterocycles. The van der Waals surface area contributed by atoms with Gasteiger partial charge in [-0.05, 0) is 53.1 Å². The number of benzene rings is 2. The van der Waals surface area contributed by atoms with E-state index in [0.29, 0.717) is 43.4 Å². The van der Waals surface area contributed by atoms with E-state index in [2.05, 4.69) is 15.0 Å². The van der Waals surface area contributed by atoms with Gasteiger partial charge in [0.2, 0.25) is 5.88 Å². The molecule has 176 valence electrons. The molecule has 0 spiro atoms. The summed E-state index contributed by atoms with van der Waals surface area (Å²) in [6.07, 6.45) is 4.82. The number of halogens is 3. The first-order valence-electron chi connectivity index (χ1n) is 10.6. The molecule has 2 aromatic carbocycles. The Balaban J connectivity index is 1.81.